The fourth-order valence-electron chi connectivity index (χ4n) is 0.820. The van der Waals surface area contributed by atoms with Crippen LogP contribution >= 0.6 is 0 Å². The molecule has 1 atom stereocenters. The molecule has 0 saturated heterocycles. The third-order valence-electron chi connectivity index (χ3n) is 1.45. The van der Waals surface area contributed by atoms with E-state index in [1.54, 1.807) is 18.2 Å². The van der Waals surface area contributed by atoms with E-state index in [1.807, 2.05) is 0 Å². The number of rotatable bonds is 1. The molecule has 50 valence electrons. The molecule has 1 rings (SSSR count). The van der Waals surface area contributed by atoms with Crippen LogP contribution in [0.5, 0.6) is 0 Å². The number of aliphatic carboxylic acids is 1. The van der Waals surface area contributed by atoms with Gasteiger partial charge < -0.3 is 5.11 Å². The van der Waals surface area contributed by atoms with Crippen molar-refractivity contribution in [2.75, 3.05) is 0 Å². The first-order valence-electron chi connectivity index (χ1n) is 3.07. The van der Waals surface area contributed by atoms with Crippen LogP contribution in [0.15, 0.2) is 23.7 Å². The van der Waals surface area contributed by atoms with Gasteiger partial charge in [-0.3, -0.25) is 4.79 Å². The van der Waals surface area contributed by atoms with E-state index in [2.05, 4.69) is 0 Å². The van der Waals surface area contributed by atoms with Crippen LogP contribution in [0.2, 0.25) is 0 Å². The van der Waals surface area contributed by atoms with Crippen LogP contribution in [0.25, 0.3) is 0 Å². The standard InChI is InChI=1S/C7H7BO2/c8-6-3-1-5(2-4-6)7(9)10/h1,3-5H,2H2,(H,9,10). The van der Waals surface area contributed by atoms with Crippen LogP contribution in [0, 0.1) is 5.92 Å². The van der Waals surface area contributed by atoms with E-state index >= 15 is 0 Å². The number of carbonyl (C=O) groups is 1. The Kier molecular flexibility index (Phi) is 1.95. The fourth-order valence-corrected chi connectivity index (χ4v) is 0.820. The molecule has 0 aromatic rings. The molecule has 0 bridgehead atoms. The lowest BCUT2D eigenvalue weighted by molar-refractivity contribution is -0.139. The lowest BCUT2D eigenvalue weighted by atomic mass is 9.87. The maximum atomic E-state index is 10.3. The van der Waals surface area contributed by atoms with E-state index < -0.39 is 5.97 Å². The van der Waals surface area contributed by atoms with E-state index in [0.29, 0.717) is 11.9 Å². The van der Waals surface area contributed by atoms with E-state index in [4.69, 9.17) is 13.0 Å². The van der Waals surface area contributed by atoms with Crippen LogP contribution in [-0.2, 0) is 4.79 Å². The van der Waals surface area contributed by atoms with Gasteiger partial charge in [-0.15, -0.1) is 5.47 Å². The monoisotopic (exact) mass is 134 g/mol. The van der Waals surface area contributed by atoms with Crippen LogP contribution < -0.4 is 0 Å². The average Bonchev–Trinajstić information content (AvgIpc) is 1.88. The summed E-state index contributed by atoms with van der Waals surface area (Å²) >= 11 is 0. The van der Waals surface area contributed by atoms with Gasteiger partial charge in [-0.05, 0) is 6.42 Å². The van der Waals surface area contributed by atoms with E-state index in [-0.39, 0.29) is 5.92 Å². The molecule has 1 unspecified atom stereocenters. The van der Waals surface area contributed by atoms with E-state index in [9.17, 15) is 4.79 Å². The topological polar surface area (TPSA) is 37.3 Å². The quantitative estimate of drug-likeness (QED) is 0.536. The van der Waals surface area contributed by atoms with E-state index in [0.717, 1.165) is 0 Å². The molecule has 0 heterocycles. The number of carboxylic acids is 1. The lowest BCUT2D eigenvalue weighted by Crippen LogP contribution is -2.11. The molecule has 1 aliphatic rings. The van der Waals surface area contributed by atoms with Crippen molar-refractivity contribution in [2.24, 2.45) is 5.92 Å². The maximum absolute atomic E-state index is 10.3. The molecule has 10 heavy (non-hydrogen) atoms. The predicted octanol–water partition coefficient (Wildman–Crippen LogP) is 0.700. The highest BCUT2D eigenvalue weighted by molar-refractivity contribution is 6.23. The van der Waals surface area contributed by atoms with Gasteiger partial charge in [-0.2, -0.15) is 0 Å². The first kappa shape index (κ1) is 7.13. The molecule has 0 saturated carbocycles. The molecule has 0 amide bonds. The Morgan fingerprint density at radius 3 is 2.90 bits per heavy atom. The molecule has 3 heteroatoms. The second-order valence-electron chi connectivity index (χ2n) is 2.24. The van der Waals surface area contributed by atoms with Crippen molar-refractivity contribution in [3.63, 3.8) is 0 Å². The highest BCUT2D eigenvalue weighted by atomic mass is 16.4. The Hall–Kier alpha value is -0.985. The molecule has 2 nitrogen and oxygen atoms in total. The van der Waals surface area contributed by atoms with Gasteiger partial charge in [-0.25, -0.2) is 0 Å². The van der Waals surface area contributed by atoms with Crippen LogP contribution in [0.3, 0.4) is 0 Å². The molecule has 0 aliphatic heterocycles. The summed E-state index contributed by atoms with van der Waals surface area (Å²) in [7, 11) is 5.38. The summed E-state index contributed by atoms with van der Waals surface area (Å²) in [6.45, 7) is 0. The minimum atomic E-state index is -0.792. The third kappa shape index (κ3) is 1.50. The van der Waals surface area contributed by atoms with Gasteiger partial charge in [0.1, 0.15) is 7.85 Å². The van der Waals surface area contributed by atoms with Crippen LogP contribution in [0.1, 0.15) is 6.42 Å². The Balaban J connectivity index is 2.60. The smallest absolute Gasteiger partial charge is 0.310 e. The Morgan fingerprint density at radius 1 is 1.80 bits per heavy atom. The second kappa shape index (κ2) is 2.73. The third-order valence-corrected chi connectivity index (χ3v) is 1.45. The molecule has 2 radical (unpaired) electrons. The first-order valence-corrected chi connectivity index (χ1v) is 3.07. The van der Waals surface area contributed by atoms with Gasteiger partial charge in [0, 0.05) is 0 Å². The summed E-state index contributed by atoms with van der Waals surface area (Å²) in [6, 6.07) is 0. The van der Waals surface area contributed by atoms with Gasteiger partial charge in [-0.1, -0.05) is 18.2 Å². The van der Waals surface area contributed by atoms with Crippen LogP contribution in [0.4, 0.5) is 0 Å². The van der Waals surface area contributed by atoms with Crippen molar-refractivity contribution in [3.8, 4) is 0 Å². The van der Waals surface area contributed by atoms with Crippen molar-refractivity contribution in [1.82, 2.24) is 0 Å². The highest BCUT2D eigenvalue weighted by Gasteiger charge is 2.13. The highest BCUT2D eigenvalue weighted by Crippen LogP contribution is 2.13. The van der Waals surface area contributed by atoms with Crippen molar-refractivity contribution < 1.29 is 9.90 Å². The van der Waals surface area contributed by atoms with Crippen molar-refractivity contribution in [3.05, 3.63) is 23.7 Å². The van der Waals surface area contributed by atoms with Crippen molar-refractivity contribution in [2.45, 2.75) is 6.42 Å². The predicted molar refractivity (Wildman–Crippen MR) is 38.7 cm³/mol. The Labute approximate surface area is 60.7 Å². The SMILES string of the molecule is [B]C1=CCC(C(=O)O)C=C1. The van der Waals surface area contributed by atoms with Gasteiger partial charge in [0.25, 0.3) is 0 Å². The number of hydrogen-bond donors (Lipinski definition) is 1. The normalized spacial score (nSPS) is 24.0. The summed E-state index contributed by atoms with van der Waals surface area (Å²) in [5.41, 5.74) is 0.650. The molecule has 0 fully saturated rings. The summed E-state index contributed by atoms with van der Waals surface area (Å²) in [6.07, 6.45) is 5.47. The summed E-state index contributed by atoms with van der Waals surface area (Å²) in [4.78, 5) is 10.3. The molecule has 0 spiro atoms. The zero-order valence-electron chi connectivity index (χ0n) is 5.45. The minimum absolute atomic E-state index is 0.382. The van der Waals surface area contributed by atoms with Gasteiger partial charge >= 0.3 is 5.97 Å². The molecule has 1 N–H and O–H groups in total. The van der Waals surface area contributed by atoms with Gasteiger partial charge in [0.05, 0.1) is 5.92 Å². The maximum Gasteiger partial charge on any atom is 0.310 e. The fraction of sp³-hybridized carbons (Fsp3) is 0.286. The van der Waals surface area contributed by atoms with Gasteiger partial charge in [0.2, 0.25) is 0 Å². The molecular formula is C7H7BO2. The van der Waals surface area contributed by atoms with Crippen LogP contribution in [-0.4, -0.2) is 18.9 Å². The summed E-state index contributed by atoms with van der Waals surface area (Å²) < 4.78 is 0. The average molecular weight is 134 g/mol. The largest absolute Gasteiger partial charge is 0.481 e. The molecular weight excluding hydrogens is 127 g/mol. The molecule has 0 aromatic carbocycles. The Bertz CT molecular complexity index is 206. The van der Waals surface area contributed by atoms with E-state index in [1.165, 1.54) is 0 Å². The van der Waals surface area contributed by atoms with Crippen molar-refractivity contribution in [1.29, 1.82) is 0 Å². The first-order chi connectivity index (χ1) is 4.70. The number of carboxylic acid groups (broad SMARTS) is 1. The number of hydrogen-bond acceptors (Lipinski definition) is 1. The van der Waals surface area contributed by atoms with Gasteiger partial charge in [0.15, 0.2) is 0 Å². The zero-order valence-corrected chi connectivity index (χ0v) is 5.45. The summed E-state index contributed by atoms with van der Waals surface area (Å²) in [5, 5.41) is 8.50. The molecule has 1 aliphatic carbocycles. The summed E-state index contributed by atoms with van der Waals surface area (Å²) in [5.74, 6) is -1.17. The Morgan fingerprint density at radius 2 is 2.50 bits per heavy atom. The second-order valence-corrected chi connectivity index (χ2v) is 2.24. The molecule has 0 aromatic heterocycles. The number of allylic oxidation sites excluding steroid dienone is 3. The zero-order chi connectivity index (χ0) is 7.56. The lowest BCUT2D eigenvalue weighted by Gasteiger charge is -2.08. The minimum Gasteiger partial charge on any atom is -0.481 e. The van der Waals surface area contributed by atoms with Crippen molar-refractivity contribution >= 4 is 13.8 Å².